The summed E-state index contributed by atoms with van der Waals surface area (Å²) in [5.41, 5.74) is 1.65. The third kappa shape index (κ3) is 3.73. The van der Waals surface area contributed by atoms with Gasteiger partial charge in [0, 0.05) is 4.88 Å². The first kappa shape index (κ1) is 16.4. The number of aryl methyl sites for hydroxylation is 1. The van der Waals surface area contributed by atoms with E-state index in [1.54, 1.807) is 6.92 Å². The fourth-order valence-electron chi connectivity index (χ4n) is 3.15. The lowest BCUT2D eigenvalue weighted by molar-refractivity contribution is -0.899. The summed E-state index contributed by atoms with van der Waals surface area (Å²) in [6.45, 7) is 5.64. The van der Waals surface area contributed by atoms with Crippen molar-refractivity contribution in [2.75, 3.05) is 44.8 Å². The zero-order valence-electron chi connectivity index (χ0n) is 13.4. The van der Waals surface area contributed by atoms with Crippen LogP contribution >= 0.6 is 11.3 Å². The third-order valence-corrected chi connectivity index (χ3v) is 5.47. The van der Waals surface area contributed by atoms with Crippen molar-refractivity contribution < 1.29 is 24.0 Å². The van der Waals surface area contributed by atoms with Crippen molar-refractivity contribution in [1.29, 1.82) is 0 Å². The van der Waals surface area contributed by atoms with Crippen molar-refractivity contribution in [3.05, 3.63) is 16.0 Å². The predicted molar refractivity (Wildman–Crippen MR) is 87.3 cm³/mol. The van der Waals surface area contributed by atoms with Gasteiger partial charge in [-0.15, -0.1) is 11.3 Å². The topological polar surface area (TPSA) is 69.1 Å². The van der Waals surface area contributed by atoms with Crippen molar-refractivity contribution in [1.82, 2.24) is 0 Å². The summed E-state index contributed by atoms with van der Waals surface area (Å²) in [6, 6.07) is 0. The molecule has 126 valence electrons. The predicted octanol–water partition coefficient (Wildman–Crippen LogP) is 0.267. The van der Waals surface area contributed by atoms with Crippen LogP contribution in [0.5, 0.6) is 0 Å². The van der Waals surface area contributed by atoms with Gasteiger partial charge < -0.3 is 19.7 Å². The molecule has 6 nitrogen and oxygen atoms in total. The van der Waals surface area contributed by atoms with E-state index in [4.69, 9.17) is 9.47 Å². The zero-order valence-corrected chi connectivity index (χ0v) is 14.2. The van der Waals surface area contributed by atoms with E-state index in [1.165, 1.54) is 21.1 Å². The summed E-state index contributed by atoms with van der Waals surface area (Å²) in [5.74, 6) is -0.367. The van der Waals surface area contributed by atoms with E-state index in [2.05, 4.69) is 5.32 Å². The van der Waals surface area contributed by atoms with Crippen LogP contribution in [0.3, 0.4) is 0 Å². The van der Waals surface area contributed by atoms with Crippen LogP contribution in [0.4, 0.5) is 5.00 Å². The number of thiophene rings is 1. The summed E-state index contributed by atoms with van der Waals surface area (Å²) in [4.78, 5) is 27.0. The second kappa shape index (κ2) is 7.42. The van der Waals surface area contributed by atoms with Gasteiger partial charge in [0.25, 0.3) is 5.91 Å². The minimum absolute atomic E-state index is 0.0487. The van der Waals surface area contributed by atoms with Crippen LogP contribution in [-0.2, 0) is 27.1 Å². The molecule has 0 spiro atoms. The Morgan fingerprint density at radius 3 is 2.83 bits per heavy atom. The number of hydrogen-bond donors (Lipinski definition) is 2. The number of esters is 1. The van der Waals surface area contributed by atoms with E-state index >= 15 is 0 Å². The summed E-state index contributed by atoms with van der Waals surface area (Å²) in [7, 11) is 0. The molecule has 0 saturated carbocycles. The second-order valence-electron chi connectivity index (χ2n) is 5.87. The lowest BCUT2D eigenvalue weighted by Gasteiger charge is -2.23. The van der Waals surface area contributed by atoms with Gasteiger partial charge >= 0.3 is 5.97 Å². The first-order valence-corrected chi connectivity index (χ1v) is 9.03. The number of amides is 1. The third-order valence-electron chi connectivity index (χ3n) is 4.26. The Balaban J connectivity index is 1.71. The summed E-state index contributed by atoms with van der Waals surface area (Å²) in [6.07, 6.45) is 2.95. The van der Waals surface area contributed by atoms with Gasteiger partial charge in [0.05, 0.1) is 25.4 Å². The molecule has 1 aliphatic carbocycles. The van der Waals surface area contributed by atoms with Gasteiger partial charge in [-0.3, -0.25) is 4.79 Å². The van der Waals surface area contributed by atoms with Crippen molar-refractivity contribution in [2.45, 2.75) is 26.2 Å². The minimum Gasteiger partial charge on any atom is -0.462 e. The van der Waals surface area contributed by atoms with Crippen LogP contribution in [0.1, 0.15) is 34.1 Å². The molecule has 2 heterocycles. The number of hydrogen-bond acceptors (Lipinski definition) is 5. The molecule has 0 radical (unpaired) electrons. The van der Waals surface area contributed by atoms with Crippen LogP contribution in [0.2, 0.25) is 0 Å². The fourth-order valence-corrected chi connectivity index (χ4v) is 4.44. The van der Waals surface area contributed by atoms with Gasteiger partial charge in [-0.25, -0.2) is 4.79 Å². The number of anilines is 1. The van der Waals surface area contributed by atoms with E-state index in [9.17, 15) is 9.59 Å². The number of rotatable bonds is 5. The molecule has 0 atom stereocenters. The molecule has 1 amide bonds. The van der Waals surface area contributed by atoms with Crippen LogP contribution in [0.25, 0.3) is 0 Å². The Morgan fingerprint density at radius 2 is 2.09 bits per heavy atom. The molecule has 0 unspecified atom stereocenters. The highest BCUT2D eigenvalue weighted by Crippen LogP contribution is 2.39. The first-order valence-electron chi connectivity index (χ1n) is 8.22. The molecular formula is C16H23N2O4S+. The van der Waals surface area contributed by atoms with Gasteiger partial charge in [0.1, 0.15) is 18.1 Å². The Hall–Kier alpha value is -1.44. The maximum atomic E-state index is 12.3. The fraction of sp³-hybridized carbons (Fsp3) is 0.625. The SMILES string of the molecule is CCOC(=O)c1c(NC(=O)C[NH+]2CCOCC2)sc2c1CCC2. The number of nitrogens with one attached hydrogen (secondary N) is 2. The zero-order chi connectivity index (χ0) is 16.2. The quantitative estimate of drug-likeness (QED) is 0.756. The standard InChI is InChI=1S/C16H22N2O4S/c1-2-22-16(20)14-11-4-3-5-12(11)23-15(14)17-13(19)10-18-6-8-21-9-7-18/h2-10H2,1H3,(H,17,19)/p+1. The highest BCUT2D eigenvalue weighted by molar-refractivity contribution is 7.17. The second-order valence-corrected chi connectivity index (χ2v) is 6.97. The van der Waals surface area contributed by atoms with Crippen molar-refractivity contribution in [3.63, 3.8) is 0 Å². The molecule has 3 rings (SSSR count). The normalized spacial score (nSPS) is 17.8. The number of fused-ring (bicyclic) bond motifs is 1. The molecule has 1 aromatic rings. The lowest BCUT2D eigenvalue weighted by Crippen LogP contribution is -3.15. The van der Waals surface area contributed by atoms with Crippen molar-refractivity contribution in [2.24, 2.45) is 0 Å². The van der Waals surface area contributed by atoms with Gasteiger partial charge in [-0.05, 0) is 31.7 Å². The minimum atomic E-state index is -0.319. The van der Waals surface area contributed by atoms with Gasteiger partial charge in [0.15, 0.2) is 6.54 Å². The van der Waals surface area contributed by atoms with E-state index in [1.807, 2.05) is 0 Å². The number of ether oxygens (including phenoxy) is 2. The molecule has 0 aromatic carbocycles. The number of quaternary nitrogens is 1. The summed E-state index contributed by atoms with van der Waals surface area (Å²) in [5, 5.41) is 3.60. The molecule has 2 N–H and O–H groups in total. The van der Waals surface area contributed by atoms with Crippen molar-refractivity contribution >= 4 is 28.2 Å². The molecular weight excluding hydrogens is 316 g/mol. The van der Waals surface area contributed by atoms with Gasteiger partial charge in [-0.1, -0.05) is 0 Å². The molecule has 7 heteroatoms. The van der Waals surface area contributed by atoms with Gasteiger partial charge in [-0.2, -0.15) is 0 Å². The van der Waals surface area contributed by atoms with Crippen molar-refractivity contribution in [3.8, 4) is 0 Å². The first-order chi connectivity index (χ1) is 11.2. The van der Waals surface area contributed by atoms with Gasteiger partial charge in [0.2, 0.25) is 0 Å². The Morgan fingerprint density at radius 1 is 1.30 bits per heavy atom. The highest BCUT2D eigenvalue weighted by atomic mass is 32.1. The van der Waals surface area contributed by atoms with Crippen LogP contribution in [-0.4, -0.2) is 51.3 Å². The molecule has 1 fully saturated rings. The summed E-state index contributed by atoms with van der Waals surface area (Å²) >= 11 is 1.53. The van der Waals surface area contributed by atoms with E-state index in [-0.39, 0.29) is 11.9 Å². The molecule has 0 bridgehead atoms. The van der Waals surface area contributed by atoms with Crippen LogP contribution in [0, 0.1) is 0 Å². The Kier molecular flexibility index (Phi) is 5.30. The summed E-state index contributed by atoms with van der Waals surface area (Å²) < 4.78 is 10.5. The number of carbonyl (C=O) groups is 2. The Labute approximate surface area is 139 Å². The number of carbonyl (C=O) groups excluding carboxylic acids is 2. The van der Waals surface area contributed by atoms with E-state index in [0.717, 1.165) is 37.9 Å². The van der Waals surface area contributed by atoms with Crippen LogP contribution < -0.4 is 10.2 Å². The largest absolute Gasteiger partial charge is 0.462 e. The molecule has 1 aromatic heterocycles. The molecule has 2 aliphatic rings. The van der Waals surface area contributed by atoms with E-state index < -0.39 is 0 Å². The van der Waals surface area contributed by atoms with Crippen LogP contribution in [0.15, 0.2) is 0 Å². The Bertz CT molecular complexity index is 593. The maximum absolute atomic E-state index is 12.3. The smallest absolute Gasteiger partial charge is 0.341 e. The number of morpholine rings is 1. The molecule has 1 saturated heterocycles. The molecule has 23 heavy (non-hydrogen) atoms. The highest BCUT2D eigenvalue weighted by Gasteiger charge is 2.29. The lowest BCUT2D eigenvalue weighted by atomic mass is 10.1. The monoisotopic (exact) mass is 339 g/mol. The molecule has 1 aliphatic heterocycles. The maximum Gasteiger partial charge on any atom is 0.341 e. The van der Waals surface area contributed by atoms with E-state index in [0.29, 0.717) is 36.9 Å². The average molecular weight is 339 g/mol. The average Bonchev–Trinajstić information content (AvgIpc) is 3.08.